The first-order valence-corrected chi connectivity index (χ1v) is 12.4. The van der Waals surface area contributed by atoms with E-state index in [1.54, 1.807) is 30.3 Å². The maximum Gasteiger partial charge on any atom is 0.265 e. The van der Waals surface area contributed by atoms with Crippen molar-refractivity contribution in [3.8, 4) is 0 Å². The van der Waals surface area contributed by atoms with Crippen LogP contribution in [0.3, 0.4) is 0 Å². The molecule has 4 aromatic carbocycles. The van der Waals surface area contributed by atoms with E-state index >= 15 is 0 Å². The van der Waals surface area contributed by atoms with Crippen molar-refractivity contribution in [3.63, 3.8) is 0 Å². The molecular weight excluding hydrogens is 470 g/mol. The van der Waals surface area contributed by atoms with E-state index in [9.17, 15) is 13.2 Å². The zero-order valence-corrected chi connectivity index (χ0v) is 19.7. The van der Waals surface area contributed by atoms with Gasteiger partial charge >= 0.3 is 0 Å². The van der Waals surface area contributed by atoms with E-state index in [4.69, 9.17) is 11.6 Å². The number of imidazole rings is 1. The number of aryl methyl sites for hydroxylation is 1. The highest BCUT2D eigenvalue weighted by atomic mass is 35.5. The van der Waals surface area contributed by atoms with Gasteiger partial charge in [-0.15, -0.1) is 0 Å². The summed E-state index contributed by atoms with van der Waals surface area (Å²) in [6.45, 7) is 1.82. The molecule has 0 fully saturated rings. The monoisotopic (exact) mass is 489 g/mol. The zero-order chi connectivity index (χ0) is 23.9. The van der Waals surface area contributed by atoms with Gasteiger partial charge in [-0.25, -0.2) is 18.1 Å². The summed E-state index contributed by atoms with van der Waals surface area (Å²) in [5, 5.41) is 2.30. The topological polar surface area (TPSA) is 91.9 Å². The first kappa shape index (κ1) is 22.1. The number of H-pyrrole nitrogens is 1. The fourth-order valence-electron chi connectivity index (χ4n) is 4.00. The second kappa shape index (κ2) is 8.59. The van der Waals surface area contributed by atoms with Crippen molar-refractivity contribution in [1.29, 1.82) is 0 Å². The number of amides is 1. The summed E-state index contributed by atoms with van der Waals surface area (Å²) in [4.78, 5) is 20.8. The van der Waals surface area contributed by atoms with Gasteiger partial charge in [0.2, 0.25) is 0 Å². The van der Waals surface area contributed by atoms with Crippen LogP contribution in [-0.2, 0) is 16.4 Å². The molecule has 0 spiro atoms. The van der Waals surface area contributed by atoms with Crippen molar-refractivity contribution < 1.29 is 13.2 Å². The van der Waals surface area contributed by atoms with Gasteiger partial charge < -0.3 is 4.98 Å². The fourth-order valence-corrected chi connectivity index (χ4v) is 5.21. The molecule has 170 valence electrons. The number of hydrogen-bond acceptors (Lipinski definition) is 4. The van der Waals surface area contributed by atoms with Crippen LogP contribution in [0.1, 0.15) is 27.3 Å². The predicted molar refractivity (Wildman–Crippen MR) is 134 cm³/mol. The van der Waals surface area contributed by atoms with Crippen LogP contribution in [-0.4, -0.2) is 24.3 Å². The molecule has 0 aliphatic carbocycles. The number of carbonyl (C=O) groups is 1. The molecule has 0 bridgehead atoms. The molecule has 1 heterocycles. The van der Waals surface area contributed by atoms with Crippen molar-refractivity contribution in [2.75, 3.05) is 0 Å². The maximum atomic E-state index is 13.1. The number of nitrogens with one attached hydrogen (secondary N) is 2. The third-order valence-corrected chi connectivity index (χ3v) is 7.35. The minimum absolute atomic E-state index is 0.0209. The van der Waals surface area contributed by atoms with Crippen LogP contribution in [0.25, 0.3) is 21.8 Å². The van der Waals surface area contributed by atoms with E-state index in [2.05, 4.69) is 14.7 Å². The number of halogens is 1. The normalized spacial score (nSPS) is 11.7. The molecule has 1 amide bonds. The van der Waals surface area contributed by atoms with Gasteiger partial charge in [-0.2, -0.15) is 0 Å². The summed E-state index contributed by atoms with van der Waals surface area (Å²) < 4.78 is 28.2. The van der Waals surface area contributed by atoms with E-state index in [1.807, 2.05) is 49.4 Å². The van der Waals surface area contributed by atoms with E-state index in [0.717, 1.165) is 27.4 Å². The minimum Gasteiger partial charge on any atom is -0.342 e. The molecule has 34 heavy (non-hydrogen) atoms. The van der Waals surface area contributed by atoms with Gasteiger partial charge in [0, 0.05) is 17.0 Å². The quantitative estimate of drug-likeness (QED) is 0.346. The minimum atomic E-state index is -4.07. The Kier molecular flexibility index (Phi) is 5.59. The van der Waals surface area contributed by atoms with Crippen molar-refractivity contribution in [2.45, 2.75) is 18.2 Å². The van der Waals surface area contributed by atoms with Crippen molar-refractivity contribution in [2.24, 2.45) is 0 Å². The van der Waals surface area contributed by atoms with Crippen LogP contribution in [0, 0.1) is 6.92 Å². The Hall–Kier alpha value is -3.68. The fraction of sp³-hybridized carbons (Fsp3) is 0.0769. The first-order chi connectivity index (χ1) is 16.3. The standard InChI is InChI=1S/C26H20ClN3O3S/c1-16-28-24-15-21(13-20(25(24)29-16)12-19-8-4-5-9-23(19)27)26(31)30-34(32,33)22-11-10-17-6-2-3-7-18(17)14-22/h2-11,13-15H,12H2,1H3,(H,28,29)(H,30,31). The molecular formula is C26H20ClN3O3S. The van der Waals surface area contributed by atoms with Crippen molar-refractivity contribution in [1.82, 2.24) is 14.7 Å². The van der Waals surface area contributed by atoms with Gasteiger partial charge in [0.05, 0.1) is 15.9 Å². The lowest BCUT2D eigenvalue weighted by atomic mass is 10.0. The molecule has 0 atom stereocenters. The van der Waals surface area contributed by atoms with Gasteiger partial charge in [0.15, 0.2) is 0 Å². The SMILES string of the molecule is Cc1nc2cc(C(=O)NS(=O)(=O)c3ccc4ccccc4c3)cc(Cc3ccccc3Cl)c2[nH]1. The Morgan fingerprint density at radius 1 is 0.941 bits per heavy atom. The van der Waals surface area contributed by atoms with Crippen LogP contribution in [0.4, 0.5) is 0 Å². The van der Waals surface area contributed by atoms with E-state index in [-0.39, 0.29) is 10.5 Å². The predicted octanol–water partition coefficient (Wildman–Crippen LogP) is 5.39. The second-order valence-corrected chi connectivity index (χ2v) is 10.2. The van der Waals surface area contributed by atoms with Crippen LogP contribution in [0.2, 0.25) is 5.02 Å². The molecule has 1 aromatic heterocycles. The van der Waals surface area contributed by atoms with Crippen LogP contribution in [0.15, 0.2) is 83.8 Å². The molecule has 0 unspecified atom stereocenters. The van der Waals surface area contributed by atoms with Crippen LogP contribution < -0.4 is 4.72 Å². The molecule has 5 aromatic rings. The van der Waals surface area contributed by atoms with Gasteiger partial charge in [-0.3, -0.25) is 4.79 Å². The molecule has 0 aliphatic rings. The summed E-state index contributed by atoms with van der Waals surface area (Å²) in [6, 6.07) is 22.9. The number of sulfonamides is 1. The lowest BCUT2D eigenvalue weighted by Crippen LogP contribution is -2.30. The van der Waals surface area contributed by atoms with Crippen molar-refractivity contribution >= 4 is 49.3 Å². The van der Waals surface area contributed by atoms with Crippen LogP contribution in [0.5, 0.6) is 0 Å². The number of benzene rings is 4. The highest BCUT2D eigenvalue weighted by Crippen LogP contribution is 2.26. The lowest BCUT2D eigenvalue weighted by Gasteiger charge is -2.11. The number of carbonyl (C=O) groups excluding carboxylic acids is 1. The van der Waals surface area contributed by atoms with Gasteiger partial charge in [0.1, 0.15) is 5.82 Å². The zero-order valence-electron chi connectivity index (χ0n) is 18.2. The summed E-state index contributed by atoms with van der Waals surface area (Å²) in [5.74, 6) is -0.0344. The molecule has 0 aliphatic heterocycles. The number of aromatic amines is 1. The number of nitrogens with zero attached hydrogens (tertiary/aromatic N) is 1. The highest BCUT2D eigenvalue weighted by molar-refractivity contribution is 7.90. The number of rotatable bonds is 5. The van der Waals surface area contributed by atoms with E-state index in [1.165, 1.54) is 6.07 Å². The molecule has 6 nitrogen and oxygen atoms in total. The summed E-state index contributed by atoms with van der Waals surface area (Å²) >= 11 is 6.34. The Balaban J connectivity index is 1.50. The largest absolute Gasteiger partial charge is 0.342 e. The molecule has 8 heteroatoms. The number of hydrogen-bond donors (Lipinski definition) is 2. The van der Waals surface area contributed by atoms with Gasteiger partial charge in [0.25, 0.3) is 15.9 Å². The van der Waals surface area contributed by atoms with Gasteiger partial charge in [-0.1, -0.05) is 60.1 Å². The summed E-state index contributed by atoms with van der Waals surface area (Å²) in [7, 11) is -4.07. The first-order valence-electron chi connectivity index (χ1n) is 10.6. The number of aromatic nitrogens is 2. The Morgan fingerprint density at radius 3 is 2.47 bits per heavy atom. The lowest BCUT2D eigenvalue weighted by molar-refractivity contribution is 0.0981. The third kappa shape index (κ3) is 4.27. The smallest absolute Gasteiger partial charge is 0.265 e. The van der Waals surface area contributed by atoms with Crippen LogP contribution >= 0.6 is 11.6 Å². The average Bonchev–Trinajstić information content (AvgIpc) is 3.20. The summed E-state index contributed by atoms with van der Waals surface area (Å²) in [5.41, 5.74) is 3.24. The molecule has 0 radical (unpaired) electrons. The number of fused-ring (bicyclic) bond motifs is 2. The third-order valence-electron chi connectivity index (χ3n) is 5.65. The van der Waals surface area contributed by atoms with Gasteiger partial charge in [-0.05, 0) is 59.2 Å². The average molecular weight is 490 g/mol. The van der Waals surface area contributed by atoms with E-state index in [0.29, 0.717) is 22.8 Å². The Morgan fingerprint density at radius 2 is 1.68 bits per heavy atom. The molecule has 0 saturated heterocycles. The second-order valence-electron chi connectivity index (χ2n) is 8.06. The maximum absolute atomic E-state index is 13.1. The van der Waals surface area contributed by atoms with Crippen molar-refractivity contribution in [3.05, 3.63) is 106 Å². The molecule has 0 saturated carbocycles. The molecule has 5 rings (SSSR count). The Labute approximate surface area is 201 Å². The highest BCUT2D eigenvalue weighted by Gasteiger charge is 2.21. The molecule has 2 N–H and O–H groups in total. The summed E-state index contributed by atoms with van der Waals surface area (Å²) in [6.07, 6.45) is 0.455. The van der Waals surface area contributed by atoms with E-state index < -0.39 is 15.9 Å². The Bertz CT molecular complexity index is 1680.